The second-order valence-corrected chi connectivity index (χ2v) is 8.06. The standard InChI is InChI=1S/C13H18N2O3S2/c1-20(17,18)12-8-10(7-11(14)9-12)13(16)15-3-2-5-19-6-4-15/h7-9H,2-6,14H2,1H3. The number of amides is 1. The zero-order valence-electron chi connectivity index (χ0n) is 11.3. The molecule has 0 aromatic heterocycles. The molecule has 1 fully saturated rings. The fourth-order valence-corrected chi connectivity index (χ4v) is 3.67. The Balaban J connectivity index is 2.32. The Morgan fingerprint density at radius 1 is 1.25 bits per heavy atom. The molecule has 1 aliphatic heterocycles. The van der Waals surface area contributed by atoms with E-state index in [2.05, 4.69) is 0 Å². The highest BCUT2D eigenvalue weighted by molar-refractivity contribution is 7.99. The van der Waals surface area contributed by atoms with E-state index in [0.717, 1.165) is 24.2 Å². The van der Waals surface area contributed by atoms with Gasteiger partial charge in [0.15, 0.2) is 9.84 Å². The number of nitrogens with two attached hydrogens (primary N) is 1. The Kier molecular flexibility index (Phi) is 4.59. The lowest BCUT2D eigenvalue weighted by Crippen LogP contribution is -2.33. The van der Waals surface area contributed by atoms with E-state index in [1.54, 1.807) is 4.90 Å². The van der Waals surface area contributed by atoms with Crippen LogP contribution in [0.2, 0.25) is 0 Å². The molecule has 1 aliphatic rings. The summed E-state index contributed by atoms with van der Waals surface area (Å²) in [6, 6.07) is 4.32. The van der Waals surface area contributed by atoms with Gasteiger partial charge in [-0.15, -0.1) is 0 Å². The van der Waals surface area contributed by atoms with Crippen LogP contribution in [0.5, 0.6) is 0 Å². The number of anilines is 1. The summed E-state index contributed by atoms with van der Waals surface area (Å²) < 4.78 is 23.2. The summed E-state index contributed by atoms with van der Waals surface area (Å²) in [6.45, 7) is 1.39. The lowest BCUT2D eigenvalue weighted by molar-refractivity contribution is 0.0768. The Bertz CT molecular complexity index is 606. The Morgan fingerprint density at radius 2 is 2.00 bits per heavy atom. The van der Waals surface area contributed by atoms with E-state index in [1.807, 2.05) is 11.8 Å². The number of sulfone groups is 1. The number of hydrogen-bond donors (Lipinski definition) is 1. The van der Waals surface area contributed by atoms with Gasteiger partial charge in [0.05, 0.1) is 4.90 Å². The average molecular weight is 314 g/mol. The highest BCUT2D eigenvalue weighted by Gasteiger charge is 2.19. The number of nitrogens with zero attached hydrogens (tertiary/aromatic N) is 1. The number of hydrogen-bond acceptors (Lipinski definition) is 5. The maximum atomic E-state index is 12.5. The Morgan fingerprint density at radius 3 is 2.70 bits per heavy atom. The number of benzene rings is 1. The van der Waals surface area contributed by atoms with Crippen LogP contribution >= 0.6 is 11.8 Å². The van der Waals surface area contributed by atoms with Gasteiger partial charge in [0.1, 0.15) is 0 Å². The molecule has 0 saturated carbocycles. The van der Waals surface area contributed by atoms with Gasteiger partial charge in [0.25, 0.3) is 5.91 Å². The van der Waals surface area contributed by atoms with Crippen molar-refractivity contribution in [1.29, 1.82) is 0 Å². The fourth-order valence-electron chi connectivity index (χ4n) is 2.09. The predicted octanol–water partition coefficient (Wildman–Crippen LogP) is 1.25. The first-order chi connectivity index (χ1) is 9.38. The highest BCUT2D eigenvalue weighted by Crippen LogP contribution is 2.19. The first-order valence-electron chi connectivity index (χ1n) is 6.35. The van der Waals surface area contributed by atoms with Gasteiger partial charge >= 0.3 is 0 Å². The molecule has 5 nitrogen and oxygen atoms in total. The van der Waals surface area contributed by atoms with Crippen LogP contribution in [0, 0.1) is 0 Å². The van der Waals surface area contributed by atoms with Crippen LogP contribution < -0.4 is 5.73 Å². The van der Waals surface area contributed by atoms with Crippen molar-refractivity contribution >= 4 is 33.2 Å². The maximum absolute atomic E-state index is 12.5. The average Bonchev–Trinajstić information content (AvgIpc) is 2.65. The third-order valence-electron chi connectivity index (χ3n) is 3.11. The van der Waals surface area contributed by atoms with Crippen LogP contribution in [-0.4, -0.2) is 50.1 Å². The van der Waals surface area contributed by atoms with Gasteiger partial charge < -0.3 is 10.6 Å². The van der Waals surface area contributed by atoms with Crippen LogP contribution in [0.3, 0.4) is 0 Å². The van der Waals surface area contributed by atoms with Crippen molar-refractivity contribution in [2.45, 2.75) is 11.3 Å². The molecule has 0 unspecified atom stereocenters. The van der Waals surface area contributed by atoms with Crippen molar-refractivity contribution in [3.63, 3.8) is 0 Å². The summed E-state index contributed by atoms with van der Waals surface area (Å²) in [6.07, 6.45) is 2.07. The van der Waals surface area contributed by atoms with E-state index < -0.39 is 9.84 Å². The lowest BCUT2D eigenvalue weighted by atomic mass is 10.1. The van der Waals surface area contributed by atoms with Crippen LogP contribution in [0.1, 0.15) is 16.8 Å². The van der Waals surface area contributed by atoms with Crippen molar-refractivity contribution in [1.82, 2.24) is 4.90 Å². The van der Waals surface area contributed by atoms with Crippen LogP contribution in [-0.2, 0) is 9.84 Å². The molecule has 7 heteroatoms. The summed E-state index contributed by atoms with van der Waals surface area (Å²) in [5.74, 6) is 1.81. The molecule has 2 rings (SSSR count). The second kappa shape index (κ2) is 6.05. The molecule has 0 radical (unpaired) electrons. The van der Waals surface area contributed by atoms with Gasteiger partial charge in [-0.2, -0.15) is 11.8 Å². The van der Waals surface area contributed by atoms with E-state index in [9.17, 15) is 13.2 Å². The van der Waals surface area contributed by atoms with Crippen molar-refractivity contribution in [2.75, 3.05) is 36.6 Å². The summed E-state index contributed by atoms with van der Waals surface area (Å²) in [4.78, 5) is 14.3. The smallest absolute Gasteiger partial charge is 0.253 e. The maximum Gasteiger partial charge on any atom is 0.253 e. The molecule has 1 heterocycles. The third kappa shape index (κ3) is 3.67. The predicted molar refractivity (Wildman–Crippen MR) is 81.8 cm³/mol. The zero-order chi connectivity index (χ0) is 14.8. The van der Waals surface area contributed by atoms with Gasteiger partial charge in [-0.25, -0.2) is 8.42 Å². The molecule has 0 bridgehead atoms. The van der Waals surface area contributed by atoms with Crippen molar-refractivity contribution in [2.24, 2.45) is 0 Å². The van der Waals surface area contributed by atoms with E-state index >= 15 is 0 Å². The summed E-state index contributed by atoms with van der Waals surface area (Å²) in [5, 5.41) is 0. The number of carbonyl (C=O) groups excluding carboxylic acids is 1. The summed E-state index contributed by atoms with van der Waals surface area (Å²) >= 11 is 1.83. The SMILES string of the molecule is CS(=O)(=O)c1cc(N)cc(C(=O)N2CCCSCC2)c1. The van der Waals surface area contributed by atoms with Crippen molar-refractivity contribution in [3.8, 4) is 0 Å². The first-order valence-corrected chi connectivity index (χ1v) is 9.40. The van der Waals surface area contributed by atoms with Gasteiger partial charge in [0.2, 0.25) is 0 Å². The molecule has 1 aromatic carbocycles. The molecule has 0 atom stereocenters. The quantitative estimate of drug-likeness (QED) is 0.831. The third-order valence-corrected chi connectivity index (χ3v) is 5.25. The Labute approximate surface area is 123 Å². The van der Waals surface area contributed by atoms with Gasteiger partial charge in [-0.05, 0) is 30.4 Å². The summed E-state index contributed by atoms with van der Waals surface area (Å²) in [5.41, 5.74) is 6.35. The molecule has 110 valence electrons. The summed E-state index contributed by atoms with van der Waals surface area (Å²) in [7, 11) is -3.37. The van der Waals surface area contributed by atoms with Gasteiger partial charge in [0, 0.05) is 36.3 Å². The minimum atomic E-state index is -3.37. The highest BCUT2D eigenvalue weighted by atomic mass is 32.2. The topological polar surface area (TPSA) is 80.5 Å². The van der Waals surface area contributed by atoms with Crippen molar-refractivity contribution in [3.05, 3.63) is 23.8 Å². The minimum Gasteiger partial charge on any atom is -0.399 e. The van der Waals surface area contributed by atoms with Crippen LogP contribution in [0.25, 0.3) is 0 Å². The molecule has 1 saturated heterocycles. The number of thioether (sulfide) groups is 1. The van der Waals surface area contributed by atoms with E-state index in [4.69, 9.17) is 5.73 Å². The van der Waals surface area contributed by atoms with E-state index in [-0.39, 0.29) is 10.8 Å². The zero-order valence-corrected chi connectivity index (χ0v) is 13.0. The normalized spacial score (nSPS) is 16.8. The number of carbonyl (C=O) groups is 1. The molecular weight excluding hydrogens is 296 g/mol. The molecule has 2 N–H and O–H groups in total. The van der Waals surface area contributed by atoms with Gasteiger partial charge in [-0.3, -0.25) is 4.79 Å². The van der Waals surface area contributed by atoms with E-state index in [0.29, 0.717) is 24.3 Å². The van der Waals surface area contributed by atoms with Crippen LogP contribution in [0.15, 0.2) is 23.1 Å². The second-order valence-electron chi connectivity index (χ2n) is 4.82. The number of nitrogen functional groups attached to an aromatic ring is 1. The minimum absolute atomic E-state index is 0.0880. The lowest BCUT2D eigenvalue weighted by Gasteiger charge is -2.20. The molecule has 0 aliphatic carbocycles. The number of rotatable bonds is 2. The molecular formula is C13H18N2O3S2. The fraction of sp³-hybridized carbons (Fsp3) is 0.462. The molecule has 0 spiro atoms. The van der Waals surface area contributed by atoms with Crippen molar-refractivity contribution < 1.29 is 13.2 Å². The Hall–Kier alpha value is -1.21. The van der Waals surface area contributed by atoms with Crippen LogP contribution in [0.4, 0.5) is 5.69 Å². The first kappa shape index (κ1) is 15.2. The molecule has 20 heavy (non-hydrogen) atoms. The molecule has 1 aromatic rings. The monoisotopic (exact) mass is 314 g/mol. The molecule has 1 amide bonds. The van der Waals surface area contributed by atoms with E-state index in [1.165, 1.54) is 18.2 Å². The largest absolute Gasteiger partial charge is 0.399 e. The van der Waals surface area contributed by atoms with Gasteiger partial charge in [-0.1, -0.05) is 0 Å².